The lowest BCUT2D eigenvalue weighted by Crippen LogP contribution is -2.26. The van der Waals surface area contributed by atoms with Crippen LogP contribution in [0.3, 0.4) is 0 Å². The number of rotatable bonds is 5. The summed E-state index contributed by atoms with van der Waals surface area (Å²) in [6.45, 7) is 3.96. The maximum absolute atomic E-state index is 11.6. The van der Waals surface area contributed by atoms with E-state index in [-0.39, 0.29) is 11.9 Å². The van der Waals surface area contributed by atoms with Gasteiger partial charge in [0.05, 0.1) is 11.9 Å². The maximum atomic E-state index is 11.6. The Bertz CT molecular complexity index is 335. The fourth-order valence-electron chi connectivity index (χ4n) is 1.46. The number of aromatic nitrogens is 1. The summed E-state index contributed by atoms with van der Waals surface area (Å²) >= 11 is 0. The van der Waals surface area contributed by atoms with Crippen LogP contribution in [0.4, 0.5) is 5.69 Å². The van der Waals surface area contributed by atoms with Gasteiger partial charge in [0.15, 0.2) is 0 Å². The highest BCUT2D eigenvalue weighted by Gasteiger charge is 2.08. The molecule has 0 saturated heterocycles. The van der Waals surface area contributed by atoms with Crippen LogP contribution < -0.4 is 11.1 Å². The average molecular weight is 221 g/mol. The smallest absolute Gasteiger partial charge is 0.225 e. The number of hydrogen-bond acceptors (Lipinski definition) is 3. The predicted molar refractivity (Wildman–Crippen MR) is 65.1 cm³/mol. The van der Waals surface area contributed by atoms with Crippen LogP contribution in [0.25, 0.3) is 0 Å². The van der Waals surface area contributed by atoms with Crippen LogP contribution in [0, 0.1) is 6.92 Å². The van der Waals surface area contributed by atoms with E-state index in [0.29, 0.717) is 6.42 Å². The summed E-state index contributed by atoms with van der Waals surface area (Å²) in [5, 5.41) is 2.78. The minimum Gasteiger partial charge on any atom is -0.327 e. The molecule has 0 aliphatic heterocycles. The first kappa shape index (κ1) is 12.6. The van der Waals surface area contributed by atoms with Gasteiger partial charge in [0.2, 0.25) is 5.91 Å². The highest BCUT2D eigenvalue weighted by Crippen LogP contribution is 2.07. The molecule has 1 unspecified atom stereocenters. The second kappa shape index (κ2) is 6.23. The van der Waals surface area contributed by atoms with Crippen LogP contribution >= 0.6 is 0 Å². The molecule has 4 heteroatoms. The molecule has 1 amide bonds. The van der Waals surface area contributed by atoms with Crippen LogP contribution in [-0.2, 0) is 4.79 Å². The van der Waals surface area contributed by atoms with Gasteiger partial charge in [-0.2, -0.15) is 0 Å². The van der Waals surface area contributed by atoms with E-state index >= 15 is 0 Å². The van der Waals surface area contributed by atoms with E-state index < -0.39 is 0 Å². The Kier molecular flexibility index (Phi) is 4.92. The summed E-state index contributed by atoms with van der Waals surface area (Å²) in [6, 6.07) is 3.65. The van der Waals surface area contributed by atoms with Crippen LogP contribution in [0.1, 0.15) is 31.9 Å². The van der Waals surface area contributed by atoms with Crippen LogP contribution in [0.15, 0.2) is 18.3 Å². The van der Waals surface area contributed by atoms with E-state index in [4.69, 9.17) is 5.73 Å². The highest BCUT2D eigenvalue weighted by molar-refractivity contribution is 5.90. The van der Waals surface area contributed by atoms with Gasteiger partial charge >= 0.3 is 0 Å². The quantitative estimate of drug-likeness (QED) is 0.797. The Morgan fingerprint density at radius 2 is 2.31 bits per heavy atom. The van der Waals surface area contributed by atoms with Gasteiger partial charge in [-0.05, 0) is 25.5 Å². The molecule has 1 rings (SSSR count). The fraction of sp³-hybridized carbons (Fsp3) is 0.500. The molecule has 1 aromatic rings. The lowest BCUT2D eigenvalue weighted by molar-refractivity contribution is -0.116. The Hall–Kier alpha value is -1.42. The molecular weight excluding hydrogens is 202 g/mol. The van der Waals surface area contributed by atoms with Crippen LogP contribution in [0.2, 0.25) is 0 Å². The van der Waals surface area contributed by atoms with Gasteiger partial charge in [-0.15, -0.1) is 0 Å². The number of amides is 1. The number of hydrogen-bond donors (Lipinski definition) is 2. The fourth-order valence-corrected chi connectivity index (χ4v) is 1.46. The van der Waals surface area contributed by atoms with E-state index in [1.807, 2.05) is 19.1 Å². The minimum atomic E-state index is -0.0524. The Balaban J connectivity index is 2.42. The first-order chi connectivity index (χ1) is 7.61. The van der Waals surface area contributed by atoms with Crippen molar-refractivity contribution in [1.29, 1.82) is 0 Å². The second-order valence-electron chi connectivity index (χ2n) is 3.99. The molecule has 0 aromatic carbocycles. The SMILES string of the molecule is CCCC(N)CC(=O)Nc1ccc(C)nc1. The topological polar surface area (TPSA) is 68.0 Å². The molecule has 16 heavy (non-hydrogen) atoms. The Morgan fingerprint density at radius 3 is 2.88 bits per heavy atom. The average Bonchev–Trinajstić information content (AvgIpc) is 2.21. The minimum absolute atomic E-state index is 0.0494. The van der Waals surface area contributed by atoms with Crippen molar-refractivity contribution in [3.8, 4) is 0 Å². The van der Waals surface area contributed by atoms with Crippen molar-refractivity contribution in [3.63, 3.8) is 0 Å². The van der Waals surface area contributed by atoms with Gasteiger partial charge in [-0.3, -0.25) is 9.78 Å². The Morgan fingerprint density at radius 1 is 1.56 bits per heavy atom. The summed E-state index contributed by atoms with van der Waals surface area (Å²) in [5.74, 6) is -0.0494. The van der Waals surface area contributed by atoms with E-state index in [1.54, 1.807) is 6.20 Å². The number of aryl methyl sites for hydroxylation is 1. The molecule has 0 saturated carbocycles. The molecule has 0 spiro atoms. The van der Waals surface area contributed by atoms with Crippen molar-refractivity contribution in [2.75, 3.05) is 5.32 Å². The molecule has 0 fully saturated rings. The first-order valence-electron chi connectivity index (χ1n) is 5.60. The molecular formula is C12H19N3O. The summed E-state index contributed by atoms with van der Waals surface area (Å²) in [7, 11) is 0. The van der Waals surface area contributed by atoms with E-state index in [1.165, 1.54) is 0 Å². The first-order valence-corrected chi connectivity index (χ1v) is 5.60. The summed E-state index contributed by atoms with van der Waals surface area (Å²) in [5.41, 5.74) is 7.44. The largest absolute Gasteiger partial charge is 0.327 e. The normalized spacial score (nSPS) is 12.2. The van der Waals surface area contributed by atoms with Gasteiger partial charge in [-0.1, -0.05) is 13.3 Å². The van der Waals surface area contributed by atoms with Gasteiger partial charge in [0, 0.05) is 18.2 Å². The highest BCUT2D eigenvalue weighted by atomic mass is 16.1. The van der Waals surface area contributed by atoms with Crippen molar-refractivity contribution in [1.82, 2.24) is 4.98 Å². The number of nitrogens with zero attached hydrogens (tertiary/aromatic N) is 1. The second-order valence-corrected chi connectivity index (χ2v) is 3.99. The molecule has 0 radical (unpaired) electrons. The van der Waals surface area contributed by atoms with Gasteiger partial charge in [0.25, 0.3) is 0 Å². The molecule has 88 valence electrons. The van der Waals surface area contributed by atoms with Crippen molar-refractivity contribution in [2.24, 2.45) is 5.73 Å². The summed E-state index contributed by atoms with van der Waals surface area (Å²) in [4.78, 5) is 15.7. The zero-order chi connectivity index (χ0) is 12.0. The summed E-state index contributed by atoms with van der Waals surface area (Å²) < 4.78 is 0. The van der Waals surface area contributed by atoms with Gasteiger partial charge < -0.3 is 11.1 Å². The zero-order valence-corrected chi connectivity index (χ0v) is 9.86. The summed E-state index contributed by atoms with van der Waals surface area (Å²) in [6.07, 6.45) is 3.89. The van der Waals surface area contributed by atoms with Crippen molar-refractivity contribution in [2.45, 2.75) is 39.2 Å². The van der Waals surface area contributed by atoms with Crippen LogP contribution in [0.5, 0.6) is 0 Å². The zero-order valence-electron chi connectivity index (χ0n) is 9.86. The molecule has 3 N–H and O–H groups in total. The van der Waals surface area contributed by atoms with E-state index in [0.717, 1.165) is 24.2 Å². The number of pyridine rings is 1. The molecule has 1 heterocycles. The maximum Gasteiger partial charge on any atom is 0.225 e. The third-order valence-corrected chi connectivity index (χ3v) is 2.30. The monoisotopic (exact) mass is 221 g/mol. The van der Waals surface area contributed by atoms with Crippen molar-refractivity contribution in [3.05, 3.63) is 24.0 Å². The van der Waals surface area contributed by atoms with Crippen molar-refractivity contribution >= 4 is 11.6 Å². The number of anilines is 1. The molecule has 0 aliphatic carbocycles. The Labute approximate surface area is 96.3 Å². The number of nitrogens with one attached hydrogen (secondary N) is 1. The standard InChI is InChI=1S/C12H19N3O/c1-3-4-10(13)7-12(16)15-11-6-5-9(2)14-8-11/h5-6,8,10H,3-4,7,13H2,1-2H3,(H,15,16). The lowest BCUT2D eigenvalue weighted by Gasteiger charge is -2.10. The number of carbonyl (C=O) groups is 1. The molecule has 4 nitrogen and oxygen atoms in total. The molecule has 0 aliphatic rings. The van der Waals surface area contributed by atoms with E-state index in [2.05, 4.69) is 17.2 Å². The molecule has 1 aromatic heterocycles. The lowest BCUT2D eigenvalue weighted by atomic mass is 10.1. The number of nitrogens with two attached hydrogens (primary N) is 1. The molecule has 1 atom stereocenters. The van der Waals surface area contributed by atoms with Gasteiger partial charge in [-0.25, -0.2) is 0 Å². The van der Waals surface area contributed by atoms with E-state index in [9.17, 15) is 4.79 Å². The number of carbonyl (C=O) groups excluding carboxylic acids is 1. The molecule has 0 bridgehead atoms. The van der Waals surface area contributed by atoms with Crippen LogP contribution in [-0.4, -0.2) is 16.9 Å². The third kappa shape index (κ3) is 4.40. The van der Waals surface area contributed by atoms with Crippen molar-refractivity contribution < 1.29 is 4.79 Å². The van der Waals surface area contributed by atoms with Gasteiger partial charge in [0.1, 0.15) is 0 Å². The third-order valence-electron chi connectivity index (χ3n) is 2.30. The predicted octanol–water partition coefficient (Wildman–Crippen LogP) is 1.85.